The number of aromatic nitrogens is 1. The van der Waals surface area contributed by atoms with Gasteiger partial charge in [-0.25, -0.2) is 4.98 Å². The van der Waals surface area contributed by atoms with Crippen molar-refractivity contribution >= 4 is 16.8 Å². The summed E-state index contributed by atoms with van der Waals surface area (Å²) in [5.41, 5.74) is 7.30. The molecule has 4 nitrogen and oxygen atoms in total. The van der Waals surface area contributed by atoms with Gasteiger partial charge in [-0.3, -0.25) is 9.69 Å². The molecule has 1 amide bonds. The summed E-state index contributed by atoms with van der Waals surface area (Å²) in [5.74, 6) is 0.0793. The Morgan fingerprint density at radius 1 is 0.744 bits per heavy atom. The van der Waals surface area contributed by atoms with Crippen LogP contribution in [0, 0.1) is 0 Å². The Labute approximate surface area is 230 Å². The van der Waals surface area contributed by atoms with Crippen molar-refractivity contribution in [1.29, 1.82) is 0 Å². The highest BCUT2D eigenvalue weighted by atomic mass is 16.2. The second-order valence-electron chi connectivity index (χ2n) is 10.2. The van der Waals surface area contributed by atoms with Gasteiger partial charge < -0.3 is 4.90 Å². The van der Waals surface area contributed by atoms with Crippen LogP contribution in [0.4, 0.5) is 0 Å². The molecule has 1 aliphatic heterocycles. The van der Waals surface area contributed by atoms with Crippen LogP contribution in [0.1, 0.15) is 40.0 Å². The third-order valence-electron chi connectivity index (χ3n) is 7.80. The summed E-state index contributed by atoms with van der Waals surface area (Å²) >= 11 is 0. The van der Waals surface area contributed by atoms with Crippen molar-refractivity contribution in [3.63, 3.8) is 0 Å². The maximum absolute atomic E-state index is 14.0. The van der Waals surface area contributed by atoms with E-state index in [2.05, 4.69) is 96.8 Å². The molecular weight excluding hydrogens is 478 g/mol. The third-order valence-corrected chi connectivity index (χ3v) is 7.80. The lowest BCUT2D eigenvalue weighted by atomic mass is 9.96. The number of rotatable bonds is 6. The van der Waals surface area contributed by atoms with Crippen LogP contribution in [0.2, 0.25) is 0 Å². The van der Waals surface area contributed by atoms with E-state index in [1.54, 1.807) is 0 Å². The molecule has 0 unspecified atom stereocenters. The minimum Gasteiger partial charge on any atom is -0.336 e. The first kappa shape index (κ1) is 25.0. The van der Waals surface area contributed by atoms with Crippen molar-refractivity contribution in [2.75, 3.05) is 26.2 Å². The molecule has 1 saturated heterocycles. The fourth-order valence-corrected chi connectivity index (χ4v) is 5.65. The topological polar surface area (TPSA) is 36.4 Å². The number of hydrogen-bond acceptors (Lipinski definition) is 3. The average Bonchev–Trinajstić information content (AvgIpc) is 3.02. The number of para-hydroxylation sites is 1. The molecule has 0 bridgehead atoms. The van der Waals surface area contributed by atoms with Crippen molar-refractivity contribution in [2.24, 2.45) is 0 Å². The number of aryl methyl sites for hydroxylation is 1. The van der Waals surface area contributed by atoms with Crippen LogP contribution in [0.15, 0.2) is 115 Å². The molecule has 0 atom stereocenters. The molecule has 4 heteroatoms. The van der Waals surface area contributed by atoms with Gasteiger partial charge in [-0.1, -0.05) is 110 Å². The highest BCUT2D eigenvalue weighted by Gasteiger charge is 2.29. The van der Waals surface area contributed by atoms with Gasteiger partial charge in [0.15, 0.2) is 0 Å². The van der Waals surface area contributed by atoms with Crippen molar-refractivity contribution in [3.05, 3.63) is 138 Å². The van der Waals surface area contributed by atoms with E-state index in [0.717, 1.165) is 47.2 Å². The summed E-state index contributed by atoms with van der Waals surface area (Å²) in [4.78, 5) is 23.4. The molecule has 2 heterocycles. The number of carbonyl (C=O) groups excluding carboxylic acids is 1. The van der Waals surface area contributed by atoms with Gasteiger partial charge >= 0.3 is 0 Å². The van der Waals surface area contributed by atoms with Gasteiger partial charge in [0.05, 0.1) is 22.8 Å². The van der Waals surface area contributed by atoms with E-state index in [9.17, 15) is 4.79 Å². The van der Waals surface area contributed by atoms with E-state index in [0.29, 0.717) is 13.1 Å². The lowest BCUT2D eigenvalue weighted by Gasteiger charge is -2.40. The van der Waals surface area contributed by atoms with E-state index >= 15 is 0 Å². The van der Waals surface area contributed by atoms with Crippen LogP contribution in [0.25, 0.3) is 22.2 Å². The number of piperazine rings is 1. The lowest BCUT2D eigenvalue weighted by molar-refractivity contribution is 0.0599. The Hall–Kier alpha value is -4.28. The van der Waals surface area contributed by atoms with Gasteiger partial charge in [-0.15, -0.1) is 0 Å². The second kappa shape index (κ2) is 11.2. The fourth-order valence-electron chi connectivity index (χ4n) is 5.65. The minimum atomic E-state index is 0.0793. The highest BCUT2D eigenvalue weighted by Crippen LogP contribution is 2.31. The van der Waals surface area contributed by atoms with Crippen LogP contribution in [0.3, 0.4) is 0 Å². The Bertz CT molecular complexity index is 1520. The van der Waals surface area contributed by atoms with Crippen LogP contribution < -0.4 is 0 Å². The average molecular weight is 512 g/mol. The molecular formula is C35H33N3O. The summed E-state index contributed by atoms with van der Waals surface area (Å²) in [5, 5.41) is 0.908. The molecule has 194 valence electrons. The maximum atomic E-state index is 14.0. The summed E-state index contributed by atoms with van der Waals surface area (Å²) in [6.07, 6.45) is 0.997. The minimum absolute atomic E-state index is 0.0793. The van der Waals surface area contributed by atoms with Gasteiger partial charge in [0.1, 0.15) is 0 Å². The Morgan fingerprint density at radius 3 is 1.95 bits per heavy atom. The molecule has 6 rings (SSSR count). The molecule has 0 N–H and O–H groups in total. The number of nitrogens with zero attached hydrogens (tertiary/aromatic N) is 3. The number of amides is 1. The molecule has 5 aromatic rings. The molecule has 0 radical (unpaired) electrons. The normalized spacial score (nSPS) is 14.2. The summed E-state index contributed by atoms with van der Waals surface area (Å²) < 4.78 is 0. The number of hydrogen-bond donors (Lipinski definition) is 0. The van der Waals surface area contributed by atoms with E-state index < -0.39 is 0 Å². The van der Waals surface area contributed by atoms with Crippen molar-refractivity contribution < 1.29 is 4.79 Å². The summed E-state index contributed by atoms with van der Waals surface area (Å²) in [6.45, 7) is 5.16. The van der Waals surface area contributed by atoms with Gasteiger partial charge in [-0.05, 0) is 35.2 Å². The van der Waals surface area contributed by atoms with E-state index in [-0.39, 0.29) is 11.9 Å². The number of carbonyl (C=O) groups is 1. The third kappa shape index (κ3) is 5.21. The van der Waals surface area contributed by atoms with Gasteiger partial charge in [0, 0.05) is 37.1 Å². The van der Waals surface area contributed by atoms with Crippen molar-refractivity contribution in [1.82, 2.24) is 14.8 Å². The molecule has 0 saturated carbocycles. The predicted molar refractivity (Wildman–Crippen MR) is 159 cm³/mol. The van der Waals surface area contributed by atoms with E-state index in [1.165, 1.54) is 16.7 Å². The van der Waals surface area contributed by atoms with Crippen molar-refractivity contribution in [3.8, 4) is 11.3 Å². The van der Waals surface area contributed by atoms with Gasteiger partial charge in [-0.2, -0.15) is 0 Å². The second-order valence-corrected chi connectivity index (χ2v) is 10.2. The summed E-state index contributed by atoms with van der Waals surface area (Å²) in [7, 11) is 0. The van der Waals surface area contributed by atoms with Crippen LogP contribution in [0.5, 0.6) is 0 Å². The zero-order chi connectivity index (χ0) is 26.6. The van der Waals surface area contributed by atoms with Gasteiger partial charge in [0.2, 0.25) is 0 Å². The molecule has 0 spiro atoms. The molecule has 1 aliphatic rings. The van der Waals surface area contributed by atoms with Gasteiger partial charge in [0.25, 0.3) is 5.91 Å². The first-order valence-electron chi connectivity index (χ1n) is 13.8. The zero-order valence-electron chi connectivity index (χ0n) is 22.3. The largest absolute Gasteiger partial charge is 0.336 e. The fraction of sp³-hybridized carbons (Fsp3) is 0.200. The quantitative estimate of drug-likeness (QED) is 0.246. The SMILES string of the molecule is CCc1ccc(-c2cc(C(=O)N3CCN(C(c4ccccc4)c4ccccc4)CC3)c3ccccc3n2)cc1. The molecule has 0 aliphatic carbocycles. The predicted octanol–water partition coefficient (Wildman–Crippen LogP) is 7.01. The molecule has 1 fully saturated rings. The lowest BCUT2D eigenvalue weighted by Crippen LogP contribution is -2.49. The first-order valence-corrected chi connectivity index (χ1v) is 13.8. The van der Waals surface area contributed by atoms with Crippen LogP contribution in [-0.4, -0.2) is 46.9 Å². The smallest absolute Gasteiger partial charge is 0.254 e. The molecule has 1 aromatic heterocycles. The number of pyridine rings is 1. The standard InChI is InChI=1S/C35H33N3O/c1-2-26-17-19-27(20-18-26)33-25-31(30-15-9-10-16-32(30)36-33)35(39)38-23-21-37(22-24-38)34(28-11-5-3-6-12-28)29-13-7-4-8-14-29/h3-20,25,34H,2,21-24H2,1H3. The highest BCUT2D eigenvalue weighted by molar-refractivity contribution is 6.07. The van der Waals surface area contributed by atoms with Crippen molar-refractivity contribution in [2.45, 2.75) is 19.4 Å². The maximum Gasteiger partial charge on any atom is 0.254 e. The zero-order valence-corrected chi connectivity index (χ0v) is 22.3. The van der Waals surface area contributed by atoms with Crippen LogP contribution >= 0.6 is 0 Å². The first-order chi connectivity index (χ1) is 19.2. The number of benzene rings is 4. The van der Waals surface area contributed by atoms with E-state index in [1.807, 2.05) is 35.2 Å². The summed E-state index contributed by atoms with van der Waals surface area (Å²) in [6, 6.07) is 40.0. The Morgan fingerprint density at radius 2 is 1.33 bits per heavy atom. The Balaban J connectivity index is 1.27. The van der Waals surface area contributed by atoms with Crippen LogP contribution in [-0.2, 0) is 6.42 Å². The molecule has 39 heavy (non-hydrogen) atoms. The monoisotopic (exact) mass is 511 g/mol. The Kier molecular flexibility index (Phi) is 7.20. The number of fused-ring (bicyclic) bond motifs is 1. The molecule has 4 aromatic carbocycles. The van der Waals surface area contributed by atoms with E-state index in [4.69, 9.17) is 4.98 Å².